The first-order valence-electron chi connectivity index (χ1n) is 10.2. The van der Waals surface area contributed by atoms with E-state index in [9.17, 15) is 13.2 Å². The van der Waals surface area contributed by atoms with Crippen LogP contribution in [0.15, 0.2) is 59.7 Å². The van der Waals surface area contributed by atoms with Gasteiger partial charge in [0, 0.05) is 44.2 Å². The summed E-state index contributed by atoms with van der Waals surface area (Å²) < 4.78 is 28.1. The van der Waals surface area contributed by atoms with E-state index in [1.54, 1.807) is 22.0 Å². The van der Waals surface area contributed by atoms with E-state index in [-0.39, 0.29) is 10.8 Å². The zero-order valence-electron chi connectivity index (χ0n) is 16.8. The van der Waals surface area contributed by atoms with Crippen molar-refractivity contribution in [3.05, 3.63) is 70.8 Å². The molecule has 1 aliphatic carbocycles. The Kier molecular flexibility index (Phi) is 4.60. The number of aryl methyl sites for hydroxylation is 1. The molecule has 0 amide bonds. The first-order chi connectivity index (χ1) is 14.4. The van der Waals surface area contributed by atoms with Crippen molar-refractivity contribution < 1.29 is 8.42 Å². The van der Waals surface area contributed by atoms with Crippen molar-refractivity contribution in [2.45, 2.75) is 24.5 Å². The minimum atomic E-state index is -3.12. The van der Waals surface area contributed by atoms with Crippen LogP contribution in [0.2, 0.25) is 0 Å². The lowest BCUT2D eigenvalue weighted by molar-refractivity contribution is 0.440. The van der Waals surface area contributed by atoms with Gasteiger partial charge in [0.1, 0.15) is 0 Å². The van der Waals surface area contributed by atoms with Gasteiger partial charge in [0.05, 0.1) is 10.8 Å². The molecular formula is C23H23N3O3S. The SMILES string of the molecule is Cn1c(=O)ccc2cc(-c3cncc(C4=CCN(S(=O)(=O)C5CC5)CC4)c3)ccc21. The van der Waals surface area contributed by atoms with E-state index in [1.165, 1.54) is 0 Å². The van der Waals surface area contributed by atoms with Gasteiger partial charge in [-0.25, -0.2) is 8.42 Å². The van der Waals surface area contributed by atoms with Crippen molar-refractivity contribution in [1.29, 1.82) is 0 Å². The Morgan fingerprint density at radius 2 is 1.80 bits per heavy atom. The predicted octanol–water partition coefficient (Wildman–Crippen LogP) is 3.18. The highest BCUT2D eigenvalue weighted by Gasteiger charge is 2.40. The number of rotatable bonds is 4. The maximum Gasteiger partial charge on any atom is 0.250 e. The van der Waals surface area contributed by atoms with Crippen LogP contribution in [-0.4, -0.2) is 40.6 Å². The molecule has 3 aromatic rings. The molecular weight excluding hydrogens is 398 g/mol. The molecule has 0 radical (unpaired) electrons. The van der Waals surface area contributed by atoms with Gasteiger partial charge in [-0.3, -0.25) is 9.78 Å². The summed E-state index contributed by atoms with van der Waals surface area (Å²) in [7, 11) is -1.35. The van der Waals surface area contributed by atoms with Gasteiger partial charge >= 0.3 is 0 Å². The second-order valence-electron chi connectivity index (χ2n) is 8.05. The van der Waals surface area contributed by atoms with E-state index in [1.807, 2.05) is 36.7 Å². The summed E-state index contributed by atoms with van der Waals surface area (Å²) in [5, 5.41) is 0.836. The Morgan fingerprint density at radius 1 is 1.00 bits per heavy atom. The number of aromatic nitrogens is 2. The molecule has 30 heavy (non-hydrogen) atoms. The Balaban J connectivity index is 1.43. The van der Waals surface area contributed by atoms with Gasteiger partial charge in [0.15, 0.2) is 0 Å². The molecule has 0 saturated heterocycles. The Labute approximate surface area is 175 Å². The molecule has 0 unspecified atom stereocenters. The molecule has 1 aliphatic heterocycles. The third-order valence-corrected chi connectivity index (χ3v) is 8.41. The van der Waals surface area contributed by atoms with E-state index < -0.39 is 10.0 Å². The van der Waals surface area contributed by atoms with Crippen LogP contribution in [0.3, 0.4) is 0 Å². The fourth-order valence-electron chi connectivity index (χ4n) is 4.06. The van der Waals surface area contributed by atoms with Crippen LogP contribution in [-0.2, 0) is 17.1 Å². The van der Waals surface area contributed by atoms with E-state index in [0.717, 1.165) is 46.0 Å². The van der Waals surface area contributed by atoms with Crippen LogP contribution >= 0.6 is 0 Å². The van der Waals surface area contributed by atoms with Crippen LogP contribution in [0.5, 0.6) is 0 Å². The molecule has 2 aromatic heterocycles. The molecule has 0 bridgehead atoms. The topological polar surface area (TPSA) is 72.3 Å². The molecule has 0 N–H and O–H groups in total. The quantitative estimate of drug-likeness (QED) is 0.649. The molecule has 154 valence electrons. The van der Waals surface area contributed by atoms with Crippen molar-refractivity contribution in [3.8, 4) is 11.1 Å². The fraction of sp³-hybridized carbons (Fsp3) is 0.304. The second kappa shape index (κ2) is 7.18. The van der Waals surface area contributed by atoms with Gasteiger partial charge in [0.2, 0.25) is 10.0 Å². The largest absolute Gasteiger partial charge is 0.311 e. The molecule has 0 atom stereocenters. The summed E-state index contributed by atoms with van der Waals surface area (Å²) in [5.74, 6) is 0. The highest BCUT2D eigenvalue weighted by molar-refractivity contribution is 7.90. The van der Waals surface area contributed by atoms with E-state index in [0.29, 0.717) is 19.5 Å². The number of sulfonamides is 1. The molecule has 1 fully saturated rings. The molecule has 1 aromatic carbocycles. The summed E-state index contributed by atoms with van der Waals surface area (Å²) in [4.78, 5) is 16.3. The smallest absolute Gasteiger partial charge is 0.250 e. The van der Waals surface area contributed by atoms with E-state index >= 15 is 0 Å². The molecule has 1 saturated carbocycles. The predicted molar refractivity (Wildman–Crippen MR) is 119 cm³/mol. The van der Waals surface area contributed by atoms with Crippen molar-refractivity contribution in [3.63, 3.8) is 0 Å². The first kappa shape index (κ1) is 19.2. The van der Waals surface area contributed by atoms with Crippen LogP contribution in [0, 0.1) is 0 Å². The number of pyridine rings is 2. The van der Waals surface area contributed by atoms with E-state index in [4.69, 9.17) is 0 Å². The summed E-state index contributed by atoms with van der Waals surface area (Å²) in [6.07, 6.45) is 7.96. The average molecular weight is 422 g/mol. The number of hydrogen-bond donors (Lipinski definition) is 0. The zero-order chi connectivity index (χ0) is 20.9. The molecule has 7 heteroatoms. The zero-order valence-corrected chi connectivity index (χ0v) is 17.6. The van der Waals surface area contributed by atoms with Gasteiger partial charge in [-0.15, -0.1) is 0 Å². The standard InChI is InChI=1S/C23H23N3O3S/c1-25-22-6-2-17(12-18(22)3-7-23(25)27)20-13-19(14-24-15-20)16-8-10-26(11-9-16)30(28,29)21-4-5-21/h2-3,6-8,12-15,21H,4-5,9-11H2,1H3. The Bertz CT molecular complexity index is 1340. The molecule has 2 aliphatic rings. The number of fused-ring (bicyclic) bond motifs is 1. The van der Waals surface area contributed by atoms with E-state index in [2.05, 4.69) is 17.1 Å². The summed E-state index contributed by atoms with van der Waals surface area (Å²) >= 11 is 0. The summed E-state index contributed by atoms with van der Waals surface area (Å²) in [5.41, 5.74) is 5.05. The minimum Gasteiger partial charge on any atom is -0.311 e. The molecule has 5 rings (SSSR count). The average Bonchev–Trinajstić information content (AvgIpc) is 3.62. The van der Waals surface area contributed by atoms with Gasteiger partial charge < -0.3 is 4.57 Å². The van der Waals surface area contributed by atoms with Crippen molar-refractivity contribution in [2.75, 3.05) is 13.1 Å². The van der Waals surface area contributed by atoms with Crippen molar-refractivity contribution in [1.82, 2.24) is 13.9 Å². The highest BCUT2D eigenvalue weighted by atomic mass is 32.2. The monoisotopic (exact) mass is 421 g/mol. The normalized spacial score (nSPS) is 17.8. The van der Waals surface area contributed by atoms with Crippen molar-refractivity contribution in [2.24, 2.45) is 7.05 Å². The van der Waals surface area contributed by atoms with Crippen LogP contribution < -0.4 is 5.56 Å². The lowest BCUT2D eigenvalue weighted by Crippen LogP contribution is -2.36. The number of nitrogens with zero attached hydrogens (tertiary/aromatic N) is 3. The van der Waals surface area contributed by atoms with Crippen LogP contribution in [0.1, 0.15) is 24.8 Å². The summed E-state index contributed by atoms with van der Waals surface area (Å²) in [6.45, 7) is 0.960. The van der Waals surface area contributed by atoms with Crippen molar-refractivity contribution >= 4 is 26.5 Å². The van der Waals surface area contributed by atoms with Crippen LogP contribution in [0.25, 0.3) is 27.6 Å². The Hall–Kier alpha value is -2.77. The third-order valence-electron chi connectivity index (χ3n) is 6.04. The highest BCUT2D eigenvalue weighted by Crippen LogP contribution is 2.34. The summed E-state index contributed by atoms with van der Waals surface area (Å²) in [6, 6.07) is 11.6. The van der Waals surface area contributed by atoms with Crippen LogP contribution in [0.4, 0.5) is 0 Å². The maximum absolute atomic E-state index is 12.4. The number of hydrogen-bond acceptors (Lipinski definition) is 4. The minimum absolute atomic E-state index is 0.0270. The van der Waals surface area contributed by atoms with Gasteiger partial charge in [-0.05, 0) is 65.6 Å². The third kappa shape index (κ3) is 3.38. The molecule has 0 spiro atoms. The molecule has 3 heterocycles. The lowest BCUT2D eigenvalue weighted by atomic mass is 9.98. The second-order valence-corrected chi connectivity index (χ2v) is 10.3. The van der Waals surface area contributed by atoms with Gasteiger partial charge in [0.25, 0.3) is 5.56 Å². The maximum atomic E-state index is 12.4. The molecule has 6 nitrogen and oxygen atoms in total. The lowest BCUT2D eigenvalue weighted by Gasteiger charge is -2.26. The first-order valence-corrected chi connectivity index (χ1v) is 11.7. The Morgan fingerprint density at radius 3 is 2.53 bits per heavy atom. The number of benzene rings is 1. The van der Waals surface area contributed by atoms with Gasteiger partial charge in [-0.1, -0.05) is 12.1 Å². The fourth-order valence-corrected chi connectivity index (χ4v) is 5.84. The van der Waals surface area contributed by atoms with Gasteiger partial charge in [-0.2, -0.15) is 4.31 Å².